The molecule has 0 aliphatic heterocycles. The van der Waals surface area contributed by atoms with Crippen molar-refractivity contribution in [2.75, 3.05) is 21.3 Å². The molecule has 2 aromatic rings. The van der Waals surface area contributed by atoms with Crippen LogP contribution in [0.1, 0.15) is 16.1 Å². The maximum absolute atomic E-state index is 11.7. The summed E-state index contributed by atoms with van der Waals surface area (Å²) in [5, 5.41) is 4.36. The second kappa shape index (κ2) is 6.21. The lowest BCUT2D eigenvalue weighted by Crippen LogP contribution is -2.04. The van der Waals surface area contributed by atoms with Gasteiger partial charge in [-0.2, -0.15) is 5.10 Å². The fourth-order valence-electron chi connectivity index (χ4n) is 1.88. The quantitative estimate of drug-likeness (QED) is 0.779. The fourth-order valence-corrected chi connectivity index (χ4v) is 1.88. The minimum Gasteiger partial charge on any atom is -0.494 e. The normalized spacial score (nSPS) is 10.3. The summed E-state index contributed by atoms with van der Waals surface area (Å²) >= 11 is 0. The SMILES string of the molecule is COCc1nn(-c2ccccc2OC)cc1C(=O)OC. The Bertz CT molecular complexity index is 607. The van der Waals surface area contributed by atoms with Crippen LogP contribution < -0.4 is 4.74 Å². The predicted octanol–water partition coefficient (Wildman–Crippen LogP) is 1.81. The Morgan fingerprint density at radius 3 is 2.65 bits per heavy atom. The van der Waals surface area contributed by atoms with E-state index in [2.05, 4.69) is 5.10 Å². The van der Waals surface area contributed by atoms with E-state index in [1.807, 2.05) is 24.3 Å². The van der Waals surface area contributed by atoms with Gasteiger partial charge in [0.2, 0.25) is 0 Å². The van der Waals surface area contributed by atoms with Crippen LogP contribution in [0.5, 0.6) is 5.75 Å². The van der Waals surface area contributed by atoms with E-state index in [9.17, 15) is 4.79 Å². The molecule has 106 valence electrons. The number of hydrogen-bond acceptors (Lipinski definition) is 5. The van der Waals surface area contributed by atoms with Gasteiger partial charge in [0.15, 0.2) is 0 Å². The third-order valence-corrected chi connectivity index (χ3v) is 2.81. The molecule has 6 heteroatoms. The van der Waals surface area contributed by atoms with E-state index >= 15 is 0 Å². The lowest BCUT2D eigenvalue weighted by Gasteiger charge is -2.07. The Morgan fingerprint density at radius 1 is 1.25 bits per heavy atom. The first kappa shape index (κ1) is 14.1. The van der Waals surface area contributed by atoms with Crippen LogP contribution in [0.25, 0.3) is 5.69 Å². The van der Waals surface area contributed by atoms with E-state index in [1.54, 1.807) is 25.1 Å². The van der Waals surface area contributed by atoms with Crippen LogP contribution in [0.2, 0.25) is 0 Å². The molecule has 0 saturated carbocycles. The van der Waals surface area contributed by atoms with Gasteiger partial charge in [0.1, 0.15) is 22.7 Å². The molecule has 20 heavy (non-hydrogen) atoms. The summed E-state index contributed by atoms with van der Waals surface area (Å²) in [7, 11) is 4.46. The third kappa shape index (κ3) is 2.65. The Balaban J connectivity index is 2.50. The van der Waals surface area contributed by atoms with Crippen LogP contribution >= 0.6 is 0 Å². The topological polar surface area (TPSA) is 62.6 Å². The maximum Gasteiger partial charge on any atom is 0.341 e. The molecule has 0 atom stereocenters. The molecule has 1 heterocycles. The summed E-state index contributed by atoms with van der Waals surface area (Å²) in [6.45, 7) is 0.229. The summed E-state index contributed by atoms with van der Waals surface area (Å²) in [5.74, 6) is 0.216. The second-order valence-corrected chi connectivity index (χ2v) is 4.03. The highest BCUT2D eigenvalue weighted by Crippen LogP contribution is 2.23. The zero-order chi connectivity index (χ0) is 14.5. The van der Waals surface area contributed by atoms with Gasteiger partial charge >= 0.3 is 5.97 Å². The van der Waals surface area contributed by atoms with Crippen LogP contribution in [0.4, 0.5) is 0 Å². The average Bonchev–Trinajstić information content (AvgIpc) is 2.90. The van der Waals surface area contributed by atoms with Gasteiger partial charge in [-0.05, 0) is 12.1 Å². The molecule has 6 nitrogen and oxygen atoms in total. The Kier molecular flexibility index (Phi) is 4.37. The highest BCUT2D eigenvalue weighted by molar-refractivity contribution is 5.90. The molecule has 0 spiro atoms. The molecule has 0 saturated heterocycles. The summed E-state index contributed by atoms with van der Waals surface area (Å²) in [4.78, 5) is 11.7. The highest BCUT2D eigenvalue weighted by atomic mass is 16.5. The van der Waals surface area contributed by atoms with Crippen molar-refractivity contribution in [1.29, 1.82) is 0 Å². The predicted molar refractivity (Wildman–Crippen MR) is 72.2 cm³/mol. The van der Waals surface area contributed by atoms with Gasteiger partial charge in [0.05, 0.1) is 20.8 Å². The van der Waals surface area contributed by atoms with Crippen LogP contribution in [0.15, 0.2) is 30.5 Å². The lowest BCUT2D eigenvalue weighted by atomic mass is 10.2. The van der Waals surface area contributed by atoms with Crippen molar-refractivity contribution in [1.82, 2.24) is 9.78 Å². The molecule has 2 rings (SSSR count). The number of rotatable bonds is 5. The first-order valence-electron chi connectivity index (χ1n) is 6.00. The van der Waals surface area contributed by atoms with Crippen LogP contribution in [-0.2, 0) is 16.1 Å². The van der Waals surface area contributed by atoms with Crippen molar-refractivity contribution in [2.45, 2.75) is 6.61 Å². The molecule has 1 aromatic carbocycles. The summed E-state index contributed by atoms with van der Waals surface area (Å²) < 4.78 is 16.7. The van der Waals surface area contributed by atoms with Crippen LogP contribution in [0, 0.1) is 0 Å². The van der Waals surface area contributed by atoms with E-state index in [4.69, 9.17) is 14.2 Å². The number of ether oxygens (including phenoxy) is 3. The van der Waals surface area contributed by atoms with Gasteiger partial charge < -0.3 is 14.2 Å². The monoisotopic (exact) mass is 276 g/mol. The van der Waals surface area contributed by atoms with E-state index < -0.39 is 5.97 Å². The molecule has 0 N–H and O–H groups in total. The van der Waals surface area contributed by atoms with Gasteiger partial charge in [-0.1, -0.05) is 12.1 Å². The summed E-state index contributed by atoms with van der Waals surface area (Å²) in [6.07, 6.45) is 1.61. The molecule has 1 aromatic heterocycles. The van der Waals surface area contributed by atoms with Gasteiger partial charge in [0, 0.05) is 13.3 Å². The number of benzene rings is 1. The van der Waals surface area contributed by atoms with Crippen molar-refractivity contribution in [3.8, 4) is 11.4 Å². The average molecular weight is 276 g/mol. The van der Waals surface area contributed by atoms with Crippen LogP contribution in [-0.4, -0.2) is 37.1 Å². The van der Waals surface area contributed by atoms with Gasteiger partial charge in [-0.3, -0.25) is 0 Å². The molecule has 0 bridgehead atoms. The smallest absolute Gasteiger partial charge is 0.341 e. The molecule has 0 amide bonds. The van der Waals surface area contributed by atoms with Crippen molar-refractivity contribution in [3.05, 3.63) is 41.7 Å². The first-order chi connectivity index (χ1) is 9.71. The minimum atomic E-state index is -0.446. The fraction of sp³-hybridized carbons (Fsp3) is 0.286. The highest BCUT2D eigenvalue weighted by Gasteiger charge is 2.18. The second-order valence-electron chi connectivity index (χ2n) is 4.03. The van der Waals surface area contributed by atoms with E-state index in [1.165, 1.54) is 7.11 Å². The summed E-state index contributed by atoms with van der Waals surface area (Å²) in [6, 6.07) is 7.41. The number of methoxy groups -OCH3 is 3. The lowest BCUT2D eigenvalue weighted by molar-refractivity contribution is 0.0595. The van der Waals surface area contributed by atoms with Gasteiger partial charge in [0.25, 0.3) is 0 Å². The number of aromatic nitrogens is 2. The molecule has 0 aliphatic rings. The third-order valence-electron chi connectivity index (χ3n) is 2.81. The minimum absolute atomic E-state index is 0.229. The molecule has 0 radical (unpaired) electrons. The van der Waals surface area contributed by atoms with E-state index in [0.717, 1.165) is 5.69 Å². The number of esters is 1. The molecular formula is C14H16N2O4. The first-order valence-corrected chi connectivity index (χ1v) is 6.00. The number of hydrogen-bond donors (Lipinski definition) is 0. The summed E-state index contributed by atoms with van der Waals surface area (Å²) in [5.41, 5.74) is 1.63. The largest absolute Gasteiger partial charge is 0.494 e. The van der Waals surface area contributed by atoms with Gasteiger partial charge in [-0.25, -0.2) is 9.48 Å². The number of carbonyl (C=O) groups is 1. The zero-order valence-electron chi connectivity index (χ0n) is 11.6. The Morgan fingerprint density at radius 2 is 2.00 bits per heavy atom. The molecule has 0 fully saturated rings. The molecule has 0 aliphatic carbocycles. The zero-order valence-corrected chi connectivity index (χ0v) is 11.6. The maximum atomic E-state index is 11.7. The number of nitrogens with zero attached hydrogens (tertiary/aromatic N) is 2. The van der Waals surface area contributed by atoms with Crippen molar-refractivity contribution in [3.63, 3.8) is 0 Å². The van der Waals surface area contributed by atoms with Gasteiger partial charge in [-0.15, -0.1) is 0 Å². The van der Waals surface area contributed by atoms with Crippen molar-refractivity contribution < 1.29 is 19.0 Å². The molecular weight excluding hydrogens is 260 g/mol. The van der Waals surface area contributed by atoms with E-state index in [0.29, 0.717) is 17.0 Å². The molecule has 0 unspecified atom stereocenters. The Labute approximate surface area is 116 Å². The van der Waals surface area contributed by atoms with E-state index in [-0.39, 0.29) is 6.61 Å². The number of para-hydroxylation sites is 2. The van der Waals surface area contributed by atoms with Crippen molar-refractivity contribution in [2.24, 2.45) is 0 Å². The standard InChI is InChI=1S/C14H16N2O4/c1-18-9-11-10(14(17)20-3)8-16(15-11)12-6-4-5-7-13(12)19-2/h4-8H,9H2,1-3H3. The Hall–Kier alpha value is -2.34. The van der Waals surface area contributed by atoms with Crippen molar-refractivity contribution >= 4 is 5.97 Å². The number of carbonyl (C=O) groups excluding carboxylic acids is 1. The van der Waals surface area contributed by atoms with Crippen LogP contribution in [0.3, 0.4) is 0 Å².